The second-order valence-electron chi connectivity index (χ2n) is 2.37. The maximum absolute atomic E-state index is 11.8. The Kier molecular flexibility index (Phi) is 4.71. The molecule has 3 N–H and O–H groups in total. The molecule has 0 heterocycles. The van der Waals surface area contributed by atoms with Gasteiger partial charge in [0.1, 0.15) is 0 Å². The van der Waals surface area contributed by atoms with Gasteiger partial charge in [0, 0.05) is 0 Å². The number of carbonyl (C=O) groups is 1. The molecule has 0 rings (SSSR count). The summed E-state index contributed by atoms with van der Waals surface area (Å²) in [6.07, 6.45) is -6.44. The van der Waals surface area contributed by atoms with E-state index in [0.29, 0.717) is 0 Å². The monoisotopic (exact) mass is 200 g/mol. The number of alkyl halides is 3. The Balaban J connectivity index is 3.60. The second-order valence-corrected chi connectivity index (χ2v) is 2.37. The standard InChI is InChI=1S/C6H11F3N2O2/c1-4(6(7,8)9)13-3-2-5(12)11-10/h4H,2-3,10H2,1H3,(H,11,12). The van der Waals surface area contributed by atoms with Gasteiger partial charge in [-0.15, -0.1) is 0 Å². The van der Waals surface area contributed by atoms with Gasteiger partial charge in [0.05, 0.1) is 13.0 Å². The fourth-order valence-electron chi connectivity index (χ4n) is 0.495. The molecule has 4 nitrogen and oxygen atoms in total. The molecule has 78 valence electrons. The first-order valence-corrected chi connectivity index (χ1v) is 3.55. The molecule has 0 fully saturated rings. The first-order chi connectivity index (χ1) is 5.88. The van der Waals surface area contributed by atoms with E-state index in [9.17, 15) is 18.0 Å². The van der Waals surface area contributed by atoms with Crippen molar-refractivity contribution < 1.29 is 22.7 Å². The molecule has 0 aliphatic heterocycles. The van der Waals surface area contributed by atoms with Crippen molar-refractivity contribution in [3.63, 3.8) is 0 Å². The van der Waals surface area contributed by atoms with Gasteiger partial charge < -0.3 is 4.74 Å². The number of carbonyl (C=O) groups excluding carboxylic acids is 1. The Labute approximate surface area is 73.2 Å². The van der Waals surface area contributed by atoms with E-state index in [2.05, 4.69) is 4.74 Å². The zero-order chi connectivity index (χ0) is 10.5. The van der Waals surface area contributed by atoms with Crippen LogP contribution in [0.1, 0.15) is 13.3 Å². The average molecular weight is 200 g/mol. The van der Waals surface area contributed by atoms with Crippen molar-refractivity contribution in [1.82, 2.24) is 5.43 Å². The van der Waals surface area contributed by atoms with Crippen LogP contribution in [0.2, 0.25) is 0 Å². The second kappa shape index (κ2) is 5.03. The largest absolute Gasteiger partial charge is 0.414 e. The molecule has 1 atom stereocenters. The summed E-state index contributed by atoms with van der Waals surface area (Å²) in [4.78, 5) is 10.4. The van der Waals surface area contributed by atoms with Crippen molar-refractivity contribution in [1.29, 1.82) is 0 Å². The molecule has 0 bridgehead atoms. The van der Waals surface area contributed by atoms with Gasteiger partial charge in [0.15, 0.2) is 6.10 Å². The van der Waals surface area contributed by atoms with Crippen molar-refractivity contribution in [2.45, 2.75) is 25.6 Å². The van der Waals surface area contributed by atoms with Gasteiger partial charge in [0.2, 0.25) is 5.91 Å². The van der Waals surface area contributed by atoms with Gasteiger partial charge in [0.25, 0.3) is 0 Å². The lowest BCUT2D eigenvalue weighted by Crippen LogP contribution is -2.33. The van der Waals surface area contributed by atoms with Crippen LogP contribution in [-0.2, 0) is 9.53 Å². The van der Waals surface area contributed by atoms with E-state index < -0.39 is 18.2 Å². The molecule has 0 aromatic heterocycles. The lowest BCUT2D eigenvalue weighted by Gasteiger charge is -2.15. The molecule has 0 saturated heterocycles. The van der Waals surface area contributed by atoms with Crippen LogP contribution in [-0.4, -0.2) is 24.8 Å². The van der Waals surface area contributed by atoms with E-state index >= 15 is 0 Å². The van der Waals surface area contributed by atoms with Crippen LogP contribution >= 0.6 is 0 Å². The predicted molar refractivity (Wildman–Crippen MR) is 38.4 cm³/mol. The molecule has 0 aromatic carbocycles. The van der Waals surface area contributed by atoms with Crippen LogP contribution in [0, 0.1) is 0 Å². The number of ether oxygens (including phenoxy) is 1. The molecule has 0 aliphatic carbocycles. The third-order valence-electron chi connectivity index (χ3n) is 1.32. The maximum Gasteiger partial charge on any atom is 0.414 e. The van der Waals surface area contributed by atoms with Crippen molar-refractivity contribution in [2.75, 3.05) is 6.61 Å². The zero-order valence-electron chi connectivity index (χ0n) is 7.02. The third kappa shape index (κ3) is 5.42. The topological polar surface area (TPSA) is 64.3 Å². The molecular weight excluding hydrogens is 189 g/mol. The van der Waals surface area contributed by atoms with Gasteiger partial charge in [-0.1, -0.05) is 0 Å². The molecule has 1 amide bonds. The fourth-order valence-corrected chi connectivity index (χ4v) is 0.495. The van der Waals surface area contributed by atoms with Crippen molar-refractivity contribution in [3.8, 4) is 0 Å². The number of nitrogens with two attached hydrogens (primary N) is 1. The van der Waals surface area contributed by atoms with Crippen LogP contribution in [0.5, 0.6) is 0 Å². The summed E-state index contributed by atoms with van der Waals surface area (Å²) in [5.74, 6) is 4.14. The third-order valence-corrected chi connectivity index (χ3v) is 1.32. The number of nitrogens with one attached hydrogen (secondary N) is 1. The Morgan fingerprint density at radius 1 is 1.62 bits per heavy atom. The predicted octanol–water partition coefficient (Wildman–Crippen LogP) is 0.334. The Morgan fingerprint density at radius 2 is 2.15 bits per heavy atom. The SMILES string of the molecule is CC(OCCC(=O)NN)C(F)(F)F. The molecule has 0 aliphatic rings. The number of amides is 1. The molecule has 7 heteroatoms. The summed E-state index contributed by atoms with van der Waals surface area (Å²) in [7, 11) is 0. The summed E-state index contributed by atoms with van der Waals surface area (Å²) < 4.78 is 39.8. The molecule has 0 spiro atoms. The molecular formula is C6H11F3N2O2. The minimum atomic E-state index is -4.39. The van der Waals surface area contributed by atoms with Gasteiger partial charge in [-0.25, -0.2) is 5.84 Å². The number of hydrogen-bond donors (Lipinski definition) is 2. The van der Waals surface area contributed by atoms with E-state index in [4.69, 9.17) is 5.84 Å². The van der Waals surface area contributed by atoms with Crippen molar-refractivity contribution in [3.05, 3.63) is 0 Å². The summed E-state index contributed by atoms with van der Waals surface area (Å²) in [5, 5.41) is 0. The molecule has 1 unspecified atom stereocenters. The Morgan fingerprint density at radius 3 is 2.54 bits per heavy atom. The first kappa shape index (κ1) is 12.2. The normalized spacial score (nSPS) is 13.9. The summed E-state index contributed by atoms with van der Waals surface area (Å²) in [6, 6.07) is 0. The minimum Gasteiger partial charge on any atom is -0.369 e. The van der Waals surface area contributed by atoms with E-state index in [1.807, 2.05) is 0 Å². The highest BCUT2D eigenvalue weighted by Crippen LogP contribution is 2.22. The quantitative estimate of drug-likeness (QED) is 0.390. The van der Waals surface area contributed by atoms with E-state index in [0.717, 1.165) is 6.92 Å². The van der Waals surface area contributed by atoms with Crippen LogP contribution in [0.25, 0.3) is 0 Å². The lowest BCUT2D eigenvalue weighted by molar-refractivity contribution is -0.214. The molecule has 0 radical (unpaired) electrons. The Bertz CT molecular complexity index is 172. The van der Waals surface area contributed by atoms with Crippen LogP contribution in [0.15, 0.2) is 0 Å². The van der Waals surface area contributed by atoms with Crippen LogP contribution in [0.3, 0.4) is 0 Å². The molecule has 0 saturated carbocycles. The highest BCUT2D eigenvalue weighted by molar-refractivity contribution is 5.75. The van der Waals surface area contributed by atoms with Crippen LogP contribution < -0.4 is 11.3 Å². The highest BCUT2D eigenvalue weighted by atomic mass is 19.4. The van der Waals surface area contributed by atoms with Gasteiger partial charge in [-0.3, -0.25) is 10.2 Å². The van der Waals surface area contributed by atoms with E-state index in [1.54, 1.807) is 5.43 Å². The summed E-state index contributed by atoms with van der Waals surface area (Å²) >= 11 is 0. The fraction of sp³-hybridized carbons (Fsp3) is 0.833. The van der Waals surface area contributed by atoms with Gasteiger partial charge in [-0.2, -0.15) is 13.2 Å². The Hall–Kier alpha value is -0.820. The van der Waals surface area contributed by atoms with Crippen molar-refractivity contribution in [2.24, 2.45) is 5.84 Å². The highest BCUT2D eigenvalue weighted by Gasteiger charge is 2.36. The number of hydrazine groups is 1. The lowest BCUT2D eigenvalue weighted by atomic mass is 10.4. The van der Waals surface area contributed by atoms with Gasteiger partial charge in [-0.05, 0) is 6.92 Å². The first-order valence-electron chi connectivity index (χ1n) is 3.55. The van der Waals surface area contributed by atoms with Crippen LogP contribution in [0.4, 0.5) is 13.2 Å². The molecule has 0 aromatic rings. The maximum atomic E-state index is 11.8. The summed E-state index contributed by atoms with van der Waals surface area (Å²) in [6.45, 7) is 0.573. The number of rotatable bonds is 4. The van der Waals surface area contributed by atoms with Crippen molar-refractivity contribution >= 4 is 5.91 Å². The van der Waals surface area contributed by atoms with E-state index in [-0.39, 0.29) is 13.0 Å². The van der Waals surface area contributed by atoms with E-state index in [1.165, 1.54) is 0 Å². The summed E-state index contributed by atoms with van der Waals surface area (Å²) in [5.41, 5.74) is 1.78. The molecule has 13 heavy (non-hydrogen) atoms. The average Bonchev–Trinajstić information content (AvgIpc) is 2.02. The number of halogens is 3. The minimum absolute atomic E-state index is 0.184. The number of hydrogen-bond acceptors (Lipinski definition) is 3. The van der Waals surface area contributed by atoms with Gasteiger partial charge >= 0.3 is 6.18 Å². The zero-order valence-corrected chi connectivity index (χ0v) is 7.02. The smallest absolute Gasteiger partial charge is 0.369 e.